The topological polar surface area (TPSA) is 71.4 Å². The summed E-state index contributed by atoms with van der Waals surface area (Å²) in [7, 11) is 0. The van der Waals surface area contributed by atoms with Gasteiger partial charge in [-0.2, -0.15) is 0 Å². The fourth-order valence-electron chi connectivity index (χ4n) is 1.87. The first kappa shape index (κ1) is 20.0. The van der Waals surface area contributed by atoms with E-state index in [4.69, 9.17) is 14.7 Å². The Morgan fingerprint density at radius 2 is 1.96 bits per heavy atom. The molecule has 0 radical (unpaired) electrons. The third-order valence-electron chi connectivity index (χ3n) is 3.01. The fourth-order valence-corrected chi connectivity index (χ4v) is 1.87. The normalized spacial score (nSPS) is 11.5. The van der Waals surface area contributed by atoms with Crippen LogP contribution in [0, 0.1) is 0 Å². The van der Waals surface area contributed by atoms with E-state index in [1.54, 1.807) is 11.1 Å². The molecule has 1 rings (SSSR count). The zero-order valence-electron chi connectivity index (χ0n) is 14.8. The summed E-state index contributed by atoms with van der Waals surface area (Å²) in [6.45, 7) is 6.77. The first-order valence-electron chi connectivity index (χ1n) is 8.19. The van der Waals surface area contributed by atoms with E-state index in [2.05, 4.69) is 5.16 Å². The molecular formula is C18H28N2O4. The molecule has 0 aliphatic heterocycles. The Morgan fingerprint density at radius 1 is 1.25 bits per heavy atom. The maximum absolute atomic E-state index is 12.2. The van der Waals surface area contributed by atoms with Gasteiger partial charge in [0.2, 0.25) is 0 Å². The number of carbonyl (C=O) groups is 1. The number of aliphatic hydroxyl groups excluding tert-OH is 1. The number of hydrogen-bond acceptors (Lipinski definition) is 5. The first-order valence-corrected chi connectivity index (χ1v) is 8.19. The van der Waals surface area contributed by atoms with Crippen molar-refractivity contribution in [2.45, 2.75) is 45.8 Å². The molecule has 0 aromatic heterocycles. The number of carbonyl (C=O) groups excluding carboxylic acids is 1. The minimum absolute atomic E-state index is 0.108. The Bertz CT molecular complexity index is 497. The summed E-state index contributed by atoms with van der Waals surface area (Å²) >= 11 is 0. The van der Waals surface area contributed by atoms with Crippen LogP contribution in [0.5, 0.6) is 0 Å². The molecule has 0 heterocycles. The van der Waals surface area contributed by atoms with Crippen LogP contribution in [0.1, 0.15) is 39.2 Å². The van der Waals surface area contributed by atoms with E-state index in [9.17, 15) is 4.79 Å². The van der Waals surface area contributed by atoms with Crippen LogP contribution < -0.4 is 0 Å². The number of rotatable bonds is 9. The molecule has 0 atom stereocenters. The van der Waals surface area contributed by atoms with E-state index in [-0.39, 0.29) is 6.61 Å². The van der Waals surface area contributed by atoms with Crippen molar-refractivity contribution >= 4 is 12.3 Å². The summed E-state index contributed by atoms with van der Waals surface area (Å²) in [5.41, 5.74) is 0.481. The maximum atomic E-state index is 12.2. The Labute approximate surface area is 144 Å². The van der Waals surface area contributed by atoms with Gasteiger partial charge in [0, 0.05) is 13.2 Å². The molecule has 24 heavy (non-hydrogen) atoms. The summed E-state index contributed by atoms with van der Waals surface area (Å²) in [5, 5.41) is 12.8. The highest BCUT2D eigenvalue weighted by atomic mass is 16.6. The highest BCUT2D eigenvalue weighted by Crippen LogP contribution is 2.10. The molecule has 1 aromatic carbocycles. The van der Waals surface area contributed by atoms with Crippen LogP contribution in [0.2, 0.25) is 0 Å². The number of benzene rings is 1. The van der Waals surface area contributed by atoms with Gasteiger partial charge in [-0.1, -0.05) is 35.5 Å². The van der Waals surface area contributed by atoms with Crippen molar-refractivity contribution in [3.8, 4) is 0 Å². The van der Waals surface area contributed by atoms with Gasteiger partial charge < -0.3 is 19.6 Å². The SMILES string of the molecule is CC(C)(C)OC(=O)N(C/C=N/OCc1ccccc1)CCCCO. The molecule has 1 aromatic rings. The van der Waals surface area contributed by atoms with E-state index in [1.807, 2.05) is 51.1 Å². The van der Waals surface area contributed by atoms with Gasteiger partial charge in [-0.05, 0) is 39.2 Å². The van der Waals surface area contributed by atoms with Crippen molar-refractivity contribution < 1.29 is 19.5 Å². The van der Waals surface area contributed by atoms with Gasteiger partial charge >= 0.3 is 6.09 Å². The molecule has 6 nitrogen and oxygen atoms in total. The fraction of sp³-hybridized carbons (Fsp3) is 0.556. The van der Waals surface area contributed by atoms with Gasteiger partial charge in [-0.3, -0.25) is 0 Å². The maximum Gasteiger partial charge on any atom is 0.410 e. The monoisotopic (exact) mass is 336 g/mol. The van der Waals surface area contributed by atoms with Gasteiger partial charge in [0.25, 0.3) is 0 Å². The van der Waals surface area contributed by atoms with E-state index in [0.717, 1.165) is 5.56 Å². The molecule has 0 saturated heterocycles. The second-order valence-corrected chi connectivity index (χ2v) is 6.40. The lowest BCUT2D eigenvalue weighted by molar-refractivity contribution is 0.0273. The summed E-state index contributed by atoms with van der Waals surface area (Å²) in [4.78, 5) is 19.0. The van der Waals surface area contributed by atoms with Gasteiger partial charge in [0.05, 0.1) is 12.8 Å². The molecule has 6 heteroatoms. The molecule has 0 aliphatic rings. The standard InChI is InChI=1S/C18H28N2O4/c1-18(2,3)24-17(22)20(12-7-8-14-21)13-11-19-23-15-16-9-5-4-6-10-16/h4-6,9-11,21H,7-8,12-15H2,1-3H3/b19-11+. The predicted octanol–water partition coefficient (Wildman–Crippen LogP) is 3.20. The van der Waals surface area contributed by atoms with Crippen LogP contribution in [-0.2, 0) is 16.2 Å². The van der Waals surface area contributed by atoms with Crippen LogP contribution in [-0.4, -0.2) is 47.6 Å². The lowest BCUT2D eigenvalue weighted by Crippen LogP contribution is -2.38. The second-order valence-electron chi connectivity index (χ2n) is 6.40. The molecule has 134 valence electrons. The molecule has 0 aliphatic carbocycles. The zero-order chi connectivity index (χ0) is 17.8. The van der Waals surface area contributed by atoms with Gasteiger partial charge in [-0.25, -0.2) is 4.79 Å². The lowest BCUT2D eigenvalue weighted by Gasteiger charge is -2.26. The van der Waals surface area contributed by atoms with Gasteiger partial charge in [0.15, 0.2) is 0 Å². The molecule has 1 amide bonds. The summed E-state index contributed by atoms with van der Waals surface area (Å²) in [6.07, 6.45) is 2.50. The number of nitrogens with zero attached hydrogens (tertiary/aromatic N) is 2. The quantitative estimate of drug-likeness (QED) is 0.427. The number of oxime groups is 1. The minimum atomic E-state index is -0.548. The number of ether oxygens (including phenoxy) is 1. The smallest absolute Gasteiger partial charge is 0.410 e. The first-order chi connectivity index (χ1) is 11.4. The molecule has 0 fully saturated rings. The number of unbranched alkanes of at least 4 members (excludes halogenated alkanes) is 1. The van der Waals surface area contributed by atoms with E-state index < -0.39 is 11.7 Å². The second kappa shape index (κ2) is 10.6. The van der Waals surface area contributed by atoms with Gasteiger partial charge in [0.1, 0.15) is 12.2 Å². The summed E-state index contributed by atoms with van der Waals surface area (Å²) in [5.74, 6) is 0. The number of aliphatic hydroxyl groups is 1. The molecule has 0 saturated carbocycles. The van der Waals surface area contributed by atoms with E-state index in [0.29, 0.717) is 32.5 Å². The van der Waals surface area contributed by atoms with Crippen LogP contribution in [0.25, 0.3) is 0 Å². The minimum Gasteiger partial charge on any atom is -0.444 e. The third kappa shape index (κ3) is 9.15. The van der Waals surface area contributed by atoms with Crippen molar-refractivity contribution in [1.29, 1.82) is 0 Å². The van der Waals surface area contributed by atoms with Crippen LogP contribution in [0.15, 0.2) is 35.5 Å². The highest BCUT2D eigenvalue weighted by Gasteiger charge is 2.21. The van der Waals surface area contributed by atoms with Gasteiger partial charge in [-0.15, -0.1) is 0 Å². The average Bonchev–Trinajstić information content (AvgIpc) is 2.52. The lowest BCUT2D eigenvalue weighted by atomic mass is 10.2. The van der Waals surface area contributed by atoms with Crippen molar-refractivity contribution in [3.63, 3.8) is 0 Å². The van der Waals surface area contributed by atoms with Crippen molar-refractivity contribution in [1.82, 2.24) is 4.90 Å². The van der Waals surface area contributed by atoms with Crippen LogP contribution in [0.4, 0.5) is 4.79 Å². The average molecular weight is 336 g/mol. The molecule has 0 bridgehead atoms. The summed E-state index contributed by atoms with van der Waals surface area (Å²) in [6, 6.07) is 9.73. The Balaban J connectivity index is 2.44. The number of amides is 1. The number of hydrogen-bond donors (Lipinski definition) is 1. The third-order valence-corrected chi connectivity index (χ3v) is 3.01. The van der Waals surface area contributed by atoms with Crippen molar-refractivity contribution in [2.24, 2.45) is 5.16 Å². The van der Waals surface area contributed by atoms with Crippen molar-refractivity contribution in [2.75, 3.05) is 19.7 Å². The van der Waals surface area contributed by atoms with Crippen LogP contribution in [0.3, 0.4) is 0 Å². The predicted molar refractivity (Wildman–Crippen MR) is 93.8 cm³/mol. The largest absolute Gasteiger partial charge is 0.444 e. The van der Waals surface area contributed by atoms with E-state index >= 15 is 0 Å². The van der Waals surface area contributed by atoms with Crippen LogP contribution >= 0.6 is 0 Å². The Morgan fingerprint density at radius 3 is 2.58 bits per heavy atom. The Kier molecular flexibility index (Phi) is 8.86. The zero-order valence-corrected chi connectivity index (χ0v) is 14.8. The molecule has 0 unspecified atom stereocenters. The van der Waals surface area contributed by atoms with E-state index in [1.165, 1.54) is 0 Å². The Hall–Kier alpha value is -2.08. The molecular weight excluding hydrogens is 308 g/mol. The summed E-state index contributed by atoms with van der Waals surface area (Å²) < 4.78 is 5.38. The molecule has 1 N–H and O–H groups in total. The molecule has 0 spiro atoms. The van der Waals surface area contributed by atoms with Crippen molar-refractivity contribution in [3.05, 3.63) is 35.9 Å². The highest BCUT2D eigenvalue weighted by molar-refractivity contribution is 5.73.